The van der Waals surface area contributed by atoms with E-state index in [0.29, 0.717) is 23.5 Å². The molecule has 78 valence electrons. The number of aldehydes is 1. The maximum Gasteiger partial charge on any atom is 0.177 e. The number of carbonyl (C=O) groups excluding carboxylic acids is 1. The highest BCUT2D eigenvalue weighted by Crippen LogP contribution is 2.35. The monoisotopic (exact) mass is 268 g/mol. The second-order valence-electron chi connectivity index (χ2n) is 2.99. The van der Waals surface area contributed by atoms with E-state index in [9.17, 15) is 4.79 Å². The fourth-order valence-electron chi connectivity index (χ4n) is 1.46. The lowest BCUT2D eigenvalue weighted by Gasteiger charge is -2.07. The summed E-state index contributed by atoms with van der Waals surface area (Å²) in [5.74, 6) is 0.510. The van der Waals surface area contributed by atoms with Gasteiger partial charge in [-0.05, 0) is 19.1 Å². The smallest absolute Gasteiger partial charge is 0.177 e. The Morgan fingerprint density at radius 1 is 1.60 bits per heavy atom. The van der Waals surface area contributed by atoms with E-state index in [0.717, 1.165) is 16.1 Å². The molecule has 0 spiro atoms. The Kier molecular flexibility index (Phi) is 2.77. The van der Waals surface area contributed by atoms with E-state index in [4.69, 9.17) is 9.15 Å². The summed E-state index contributed by atoms with van der Waals surface area (Å²) in [6, 6.07) is 3.56. The van der Waals surface area contributed by atoms with Crippen molar-refractivity contribution in [3.8, 4) is 5.75 Å². The topological polar surface area (TPSA) is 39.4 Å². The number of benzene rings is 1. The highest BCUT2D eigenvalue weighted by Gasteiger charge is 2.14. The molecule has 1 heterocycles. The molecule has 1 aromatic heterocycles. The first kappa shape index (κ1) is 10.2. The number of furan rings is 1. The van der Waals surface area contributed by atoms with Gasteiger partial charge in [-0.25, -0.2) is 0 Å². The fraction of sp³-hybridized carbons (Fsp3) is 0.182. The first-order valence-electron chi connectivity index (χ1n) is 4.55. The Morgan fingerprint density at radius 2 is 2.40 bits per heavy atom. The largest absolute Gasteiger partial charge is 0.489 e. The van der Waals surface area contributed by atoms with Crippen molar-refractivity contribution < 1.29 is 13.9 Å². The van der Waals surface area contributed by atoms with E-state index in [1.807, 2.05) is 13.0 Å². The van der Waals surface area contributed by atoms with Crippen molar-refractivity contribution in [2.24, 2.45) is 0 Å². The van der Waals surface area contributed by atoms with Gasteiger partial charge in [0.2, 0.25) is 0 Å². The summed E-state index contributed by atoms with van der Waals surface area (Å²) in [5, 5.41) is 0.907. The lowest BCUT2D eigenvalue weighted by molar-refractivity contribution is 0.112. The van der Waals surface area contributed by atoms with Crippen LogP contribution in [0.4, 0.5) is 0 Å². The lowest BCUT2D eigenvalue weighted by atomic mass is 10.1. The van der Waals surface area contributed by atoms with Gasteiger partial charge in [0.05, 0.1) is 18.4 Å². The molecule has 0 aliphatic rings. The van der Waals surface area contributed by atoms with Crippen LogP contribution in [0.2, 0.25) is 0 Å². The van der Waals surface area contributed by atoms with Crippen LogP contribution in [-0.2, 0) is 0 Å². The predicted octanol–water partition coefficient (Wildman–Crippen LogP) is 3.41. The number of fused-ring (bicyclic) bond motifs is 1. The highest BCUT2D eigenvalue weighted by molar-refractivity contribution is 9.10. The Balaban J connectivity index is 2.76. The molecule has 2 aromatic rings. The van der Waals surface area contributed by atoms with Crippen molar-refractivity contribution in [3.05, 3.63) is 28.4 Å². The third kappa shape index (κ3) is 1.65. The van der Waals surface area contributed by atoms with Crippen molar-refractivity contribution in [3.63, 3.8) is 0 Å². The molecular formula is C11H9BrO3. The predicted molar refractivity (Wildman–Crippen MR) is 60.5 cm³/mol. The molecule has 15 heavy (non-hydrogen) atoms. The van der Waals surface area contributed by atoms with Crippen LogP contribution in [0.3, 0.4) is 0 Å². The van der Waals surface area contributed by atoms with Crippen molar-refractivity contribution in [1.82, 2.24) is 0 Å². The van der Waals surface area contributed by atoms with Crippen LogP contribution in [0.15, 0.2) is 27.3 Å². The van der Waals surface area contributed by atoms with Gasteiger partial charge in [0.1, 0.15) is 0 Å². The summed E-state index contributed by atoms with van der Waals surface area (Å²) in [7, 11) is 0. The Labute approximate surface area is 95.1 Å². The van der Waals surface area contributed by atoms with Gasteiger partial charge in [0.25, 0.3) is 0 Å². The normalized spacial score (nSPS) is 10.5. The average molecular weight is 269 g/mol. The van der Waals surface area contributed by atoms with Crippen molar-refractivity contribution >= 4 is 33.2 Å². The van der Waals surface area contributed by atoms with Crippen LogP contribution < -0.4 is 4.74 Å². The SMILES string of the molecule is CCOc1c(C=O)cc(Br)c2ccoc12. The van der Waals surface area contributed by atoms with Crippen LogP contribution in [0.25, 0.3) is 11.0 Å². The Bertz CT molecular complexity index is 502. The molecule has 0 unspecified atom stereocenters. The molecule has 0 saturated carbocycles. The van der Waals surface area contributed by atoms with Crippen molar-refractivity contribution in [2.75, 3.05) is 6.61 Å². The molecule has 2 rings (SSSR count). The van der Waals surface area contributed by atoms with Gasteiger partial charge in [0.15, 0.2) is 17.6 Å². The van der Waals surface area contributed by atoms with Gasteiger partial charge in [-0.3, -0.25) is 4.79 Å². The summed E-state index contributed by atoms with van der Waals surface area (Å²) in [6.45, 7) is 2.36. The number of hydrogen-bond donors (Lipinski definition) is 0. The molecule has 1 aromatic carbocycles. The van der Waals surface area contributed by atoms with Crippen LogP contribution >= 0.6 is 15.9 Å². The molecule has 0 aliphatic heterocycles. The average Bonchev–Trinajstić information content (AvgIpc) is 2.71. The molecular weight excluding hydrogens is 260 g/mol. The zero-order valence-electron chi connectivity index (χ0n) is 8.12. The zero-order valence-corrected chi connectivity index (χ0v) is 9.71. The molecule has 0 radical (unpaired) electrons. The van der Waals surface area contributed by atoms with Crippen LogP contribution in [-0.4, -0.2) is 12.9 Å². The molecule has 4 heteroatoms. The van der Waals surface area contributed by atoms with Crippen LogP contribution in [0, 0.1) is 0 Å². The van der Waals surface area contributed by atoms with Gasteiger partial charge in [-0.15, -0.1) is 0 Å². The summed E-state index contributed by atoms with van der Waals surface area (Å²) >= 11 is 3.38. The first-order valence-corrected chi connectivity index (χ1v) is 5.35. The van der Waals surface area contributed by atoms with E-state index >= 15 is 0 Å². The van der Waals surface area contributed by atoms with Gasteiger partial charge >= 0.3 is 0 Å². The van der Waals surface area contributed by atoms with Crippen molar-refractivity contribution in [1.29, 1.82) is 0 Å². The molecule has 0 aliphatic carbocycles. The Hall–Kier alpha value is -1.29. The van der Waals surface area contributed by atoms with Gasteiger partial charge in [0, 0.05) is 9.86 Å². The molecule has 0 bridgehead atoms. The zero-order chi connectivity index (χ0) is 10.8. The van der Waals surface area contributed by atoms with E-state index in [2.05, 4.69) is 15.9 Å². The van der Waals surface area contributed by atoms with Gasteiger partial charge in [-0.1, -0.05) is 15.9 Å². The Morgan fingerprint density at radius 3 is 3.07 bits per heavy atom. The van der Waals surface area contributed by atoms with Gasteiger partial charge in [-0.2, -0.15) is 0 Å². The van der Waals surface area contributed by atoms with Crippen molar-refractivity contribution in [2.45, 2.75) is 6.92 Å². The standard InChI is InChI=1S/C11H9BrO3/c1-2-14-10-7(6-13)5-9(12)8-3-4-15-11(8)10/h3-6H,2H2,1H3. The van der Waals surface area contributed by atoms with E-state index < -0.39 is 0 Å². The first-order chi connectivity index (χ1) is 7.27. The second-order valence-corrected chi connectivity index (χ2v) is 3.85. The van der Waals surface area contributed by atoms with Gasteiger partial charge < -0.3 is 9.15 Å². The number of carbonyl (C=O) groups is 1. The summed E-state index contributed by atoms with van der Waals surface area (Å²) in [5.41, 5.74) is 1.10. The minimum atomic E-state index is 0.492. The summed E-state index contributed by atoms with van der Waals surface area (Å²) in [4.78, 5) is 10.9. The van der Waals surface area contributed by atoms with Crippen LogP contribution in [0.5, 0.6) is 5.75 Å². The van der Waals surface area contributed by atoms with E-state index in [-0.39, 0.29) is 0 Å². The molecule has 0 atom stereocenters. The molecule has 0 amide bonds. The quantitative estimate of drug-likeness (QED) is 0.801. The molecule has 0 saturated heterocycles. The number of rotatable bonds is 3. The molecule has 0 N–H and O–H groups in total. The maximum absolute atomic E-state index is 10.9. The highest BCUT2D eigenvalue weighted by atomic mass is 79.9. The number of hydrogen-bond acceptors (Lipinski definition) is 3. The minimum absolute atomic E-state index is 0.492. The van der Waals surface area contributed by atoms with E-state index in [1.54, 1.807) is 12.3 Å². The molecule has 3 nitrogen and oxygen atoms in total. The third-order valence-corrected chi connectivity index (χ3v) is 2.74. The molecule has 0 fully saturated rings. The lowest BCUT2D eigenvalue weighted by Crippen LogP contribution is -1.96. The minimum Gasteiger partial charge on any atom is -0.489 e. The van der Waals surface area contributed by atoms with E-state index in [1.165, 1.54) is 0 Å². The maximum atomic E-state index is 10.9. The van der Waals surface area contributed by atoms with Crippen LogP contribution in [0.1, 0.15) is 17.3 Å². The summed E-state index contributed by atoms with van der Waals surface area (Å²) < 4.78 is 11.6. The second kappa shape index (κ2) is 4.06. The third-order valence-electron chi connectivity index (χ3n) is 2.09. The fourth-order valence-corrected chi connectivity index (χ4v) is 2.02. The number of halogens is 1. The number of ether oxygens (including phenoxy) is 1. The summed E-state index contributed by atoms with van der Waals surface area (Å²) in [6.07, 6.45) is 2.34.